The van der Waals surface area contributed by atoms with Gasteiger partial charge in [-0.25, -0.2) is 4.79 Å². The van der Waals surface area contributed by atoms with E-state index in [2.05, 4.69) is 31.9 Å². The molecule has 2 aliphatic heterocycles. The lowest BCUT2D eigenvalue weighted by atomic mass is 9.87. The smallest absolute Gasteiger partial charge is 0.329 e. The number of fused-ring (bicyclic) bond motifs is 2. The van der Waals surface area contributed by atoms with Gasteiger partial charge in [-0.3, -0.25) is 19.2 Å². The SMILES string of the molecule is NC1(C(=O)N[C@@H](Cc2ccccc2)C(=O)N[C@H](Cc2ccc3ccccc3c2)C(=O)N[C@H](Cc2cccc3ccccc23)C(=O)NC2(C(=O)O)CCNCC2)CCNCC1. The van der Waals surface area contributed by atoms with Crippen molar-refractivity contribution in [3.8, 4) is 0 Å². The topological polar surface area (TPSA) is 204 Å². The summed E-state index contributed by atoms with van der Waals surface area (Å²) in [6.07, 6.45) is 1.35. The highest BCUT2D eigenvalue weighted by Gasteiger charge is 2.43. The molecule has 0 saturated carbocycles. The van der Waals surface area contributed by atoms with Gasteiger partial charge in [-0.2, -0.15) is 0 Å². The lowest BCUT2D eigenvalue weighted by molar-refractivity contribution is -0.149. The van der Waals surface area contributed by atoms with Gasteiger partial charge in [0.15, 0.2) is 0 Å². The lowest BCUT2D eigenvalue weighted by Gasteiger charge is -2.36. The minimum absolute atomic E-state index is 0.0453. The van der Waals surface area contributed by atoms with Gasteiger partial charge in [0, 0.05) is 19.3 Å². The fraction of sp³-hybridized carbons (Fsp3) is 0.340. The molecule has 5 aromatic carbocycles. The van der Waals surface area contributed by atoms with Crippen LogP contribution in [0, 0.1) is 0 Å². The van der Waals surface area contributed by atoms with Crippen LogP contribution in [0.3, 0.4) is 0 Å². The minimum atomic E-state index is -1.53. The second kappa shape index (κ2) is 18.8. The average molecular weight is 812 g/mol. The largest absolute Gasteiger partial charge is 0.480 e. The van der Waals surface area contributed by atoms with Crippen LogP contribution in [0.5, 0.6) is 0 Å². The summed E-state index contributed by atoms with van der Waals surface area (Å²) in [5.41, 5.74) is 6.21. The van der Waals surface area contributed by atoms with Gasteiger partial charge in [-0.05, 0) is 90.1 Å². The molecular formula is C47H53N7O6. The first-order valence-electron chi connectivity index (χ1n) is 20.7. The first-order valence-corrected chi connectivity index (χ1v) is 20.7. The summed E-state index contributed by atoms with van der Waals surface area (Å²) >= 11 is 0. The van der Waals surface area contributed by atoms with Crippen LogP contribution in [-0.4, -0.2) is 90.1 Å². The highest BCUT2D eigenvalue weighted by atomic mass is 16.4. The molecule has 0 bridgehead atoms. The second-order valence-corrected chi connectivity index (χ2v) is 16.1. The summed E-state index contributed by atoms with van der Waals surface area (Å²) in [5, 5.41) is 32.1. The number of carboxylic acids is 1. The Balaban J connectivity index is 1.21. The van der Waals surface area contributed by atoms with E-state index in [1.165, 1.54) is 0 Å². The van der Waals surface area contributed by atoms with Crippen molar-refractivity contribution in [3.05, 3.63) is 132 Å². The van der Waals surface area contributed by atoms with E-state index in [1.54, 1.807) is 0 Å². The Morgan fingerprint density at radius 1 is 0.567 bits per heavy atom. The molecule has 13 heteroatoms. The Bertz CT molecular complexity index is 2340. The Morgan fingerprint density at radius 2 is 1.12 bits per heavy atom. The number of hydrogen-bond acceptors (Lipinski definition) is 8. The fourth-order valence-electron chi connectivity index (χ4n) is 8.28. The molecule has 3 atom stereocenters. The number of piperidine rings is 2. The Hall–Kier alpha value is -6.15. The molecule has 0 spiro atoms. The molecule has 2 heterocycles. The summed E-state index contributed by atoms with van der Waals surface area (Å²) in [7, 11) is 0. The molecule has 2 aliphatic rings. The van der Waals surface area contributed by atoms with Gasteiger partial charge in [-0.1, -0.05) is 115 Å². The van der Waals surface area contributed by atoms with Crippen molar-refractivity contribution in [1.82, 2.24) is 31.9 Å². The van der Waals surface area contributed by atoms with Gasteiger partial charge in [0.1, 0.15) is 23.7 Å². The molecule has 9 N–H and O–H groups in total. The molecule has 2 saturated heterocycles. The zero-order chi connectivity index (χ0) is 42.1. The predicted octanol–water partition coefficient (Wildman–Crippen LogP) is 2.88. The third kappa shape index (κ3) is 9.99. The first kappa shape index (κ1) is 42.0. The third-order valence-electron chi connectivity index (χ3n) is 11.9. The quantitative estimate of drug-likeness (QED) is 0.0783. The molecule has 13 nitrogen and oxygen atoms in total. The van der Waals surface area contributed by atoms with Crippen LogP contribution >= 0.6 is 0 Å². The number of carbonyl (C=O) groups excluding carboxylic acids is 4. The van der Waals surface area contributed by atoms with E-state index in [4.69, 9.17) is 5.73 Å². The Morgan fingerprint density at radius 3 is 1.80 bits per heavy atom. The number of carboxylic acid groups (broad SMARTS) is 1. The fourth-order valence-corrected chi connectivity index (χ4v) is 8.28. The van der Waals surface area contributed by atoms with E-state index >= 15 is 0 Å². The first-order chi connectivity index (χ1) is 29.0. The number of benzene rings is 5. The Labute approximate surface area is 349 Å². The van der Waals surface area contributed by atoms with Crippen LogP contribution in [-0.2, 0) is 43.2 Å². The molecule has 4 amide bonds. The van der Waals surface area contributed by atoms with Gasteiger partial charge in [0.2, 0.25) is 23.6 Å². The maximum Gasteiger partial charge on any atom is 0.329 e. The molecule has 0 radical (unpaired) electrons. The van der Waals surface area contributed by atoms with Crippen LogP contribution in [0.1, 0.15) is 42.4 Å². The van der Waals surface area contributed by atoms with Crippen LogP contribution in [0.25, 0.3) is 21.5 Å². The van der Waals surface area contributed by atoms with Crippen molar-refractivity contribution in [2.24, 2.45) is 5.73 Å². The van der Waals surface area contributed by atoms with Gasteiger partial charge in [0.25, 0.3) is 0 Å². The molecule has 0 unspecified atom stereocenters. The van der Waals surface area contributed by atoms with Gasteiger partial charge in [-0.15, -0.1) is 0 Å². The van der Waals surface area contributed by atoms with E-state index in [9.17, 15) is 29.1 Å². The Kier molecular flexibility index (Phi) is 13.2. The van der Waals surface area contributed by atoms with Gasteiger partial charge in [0.05, 0.1) is 5.54 Å². The van der Waals surface area contributed by atoms with Crippen molar-refractivity contribution < 1.29 is 29.1 Å². The normalized spacial score (nSPS) is 17.4. The third-order valence-corrected chi connectivity index (χ3v) is 11.9. The number of aliphatic carboxylic acids is 1. The summed E-state index contributed by atoms with van der Waals surface area (Å²) in [5.74, 6) is -3.50. The molecular weight excluding hydrogens is 759 g/mol. The highest BCUT2D eigenvalue weighted by Crippen LogP contribution is 2.23. The van der Waals surface area contributed by atoms with E-state index in [0.29, 0.717) is 39.0 Å². The predicted molar refractivity (Wildman–Crippen MR) is 231 cm³/mol. The zero-order valence-electron chi connectivity index (χ0n) is 33.5. The van der Waals surface area contributed by atoms with Crippen molar-refractivity contribution in [2.45, 2.75) is 74.1 Å². The van der Waals surface area contributed by atoms with E-state index < -0.39 is 58.8 Å². The number of nitrogens with one attached hydrogen (secondary N) is 6. The molecule has 5 aromatic rings. The standard InChI is InChI=1S/C47H53N7O6/c48-46(19-23-49-24-20-46)44(58)53-39(28-31-9-2-1-3-10-31)42(56)51-38(29-32-17-18-33-11-4-5-13-35(33)27-32)41(55)52-40(30-36-15-8-14-34-12-6-7-16-37(34)36)43(57)54-47(45(59)60)21-25-50-26-22-47/h1-18,27,38-40,49-50H,19-26,28-30,48H2,(H,51,56)(H,52,55)(H,53,58)(H,54,57)(H,59,60)/t38-,39+,40-/m1/s1. The maximum absolute atomic E-state index is 14.8. The number of carbonyl (C=O) groups is 5. The molecule has 60 heavy (non-hydrogen) atoms. The molecule has 0 aromatic heterocycles. The lowest BCUT2D eigenvalue weighted by Crippen LogP contribution is -2.64. The molecule has 7 rings (SSSR count). The zero-order valence-corrected chi connectivity index (χ0v) is 33.5. The van der Waals surface area contributed by atoms with E-state index in [0.717, 1.165) is 38.2 Å². The minimum Gasteiger partial charge on any atom is -0.480 e. The summed E-state index contributed by atoms with van der Waals surface area (Å²) < 4.78 is 0. The van der Waals surface area contributed by atoms with Crippen LogP contribution in [0.15, 0.2) is 115 Å². The summed E-state index contributed by atoms with van der Waals surface area (Å²) in [6.45, 7) is 1.92. The summed E-state index contributed by atoms with van der Waals surface area (Å²) in [4.78, 5) is 70.2. The van der Waals surface area contributed by atoms with Crippen molar-refractivity contribution in [3.63, 3.8) is 0 Å². The van der Waals surface area contributed by atoms with Crippen LogP contribution in [0.2, 0.25) is 0 Å². The molecule has 2 fully saturated rings. The number of amides is 4. The maximum atomic E-state index is 14.8. The average Bonchev–Trinajstić information content (AvgIpc) is 3.26. The van der Waals surface area contributed by atoms with Gasteiger partial charge < -0.3 is 42.7 Å². The molecule has 0 aliphatic carbocycles. The van der Waals surface area contributed by atoms with Crippen molar-refractivity contribution >= 4 is 51.1 Å². The monoisotopic (exact) mass is 811 g/mol. The summed E-state index contributed by atoms with van der Waals surface area (Å²) in [6, 6.07) is 32.8. The number of nitrogens with two attached hydrogens (primary N) is 1. The van der Waals surface area contributed by atoms with Crippen molar-refractivity contribution in [2.75, 3.05) is 26.2 Å². The molecule has 312 valence electrons. The number of rotatable bonds is 15. The van der Waals surface area contributed by atoms with Crippen molar-refractivity contribution in [1.29, 1.82) is 0 Å². The van der Waals surface area contributed by atoms with E-state index in [1.807, 2.05) is 115 Å². The van der Waals surface area contributed by atoms with Crippen LogP contribution < -0.4 is 37.6 Å². The second-order valence-electron chi connectivity index (χ2n) is 16.1. The highest BCUT2D eigenvalue weighted by molar-refractivity contribution is 5.97. The van der Waals surface area contributed by atoms with Crippen LogP contribution in [0.4, 0.5) is 0 Å². The van der Waals surface area contributed by atoms with Gasteiger partial charge >= 0.3 is 5.97 Å². The number of hydrogen-bond donors (Lipinski definition) is 8. The van der Waals surface area contributed by atoms with E-state index in [-0.39, 0.29) is 32.1 Å².